The lowest BCUT2D eigenvalue weighted by atomic mass is 9.92. The monoisotopic (exact) mass is 425 g/mol. The van der Waals surface area contributed by atoms with Crippen LogP contribution in [0.2, 0.25) is 0 Å². The third-order valence-electron chi connectivity index (χ3n) is 5.73. The number of anilines is 1. The van der Waals surface area contributed by atoms with Crippen LogP contribution in [0.25, 0.3) is 0 Å². The predicted molar refractivity (Wildman–Crippen MR) is 113 cm³/mol. The van der Waals surface area contributed by atoms with E-state index in [2.05, 4.69) is 15.0 Å². The van der Waals surface area contributed by atoms with E-state index in [0.717, 1.165) is 36.4 Å². The van der Waals surface area contributed by atoms with Crippen LogP contribution in [0, 0.1) is 0 Å². The summed E-state index contributed by atoms with van der Waals surface area (Å²) in [6.07, 6.45) is 8.18. The van der Waals surface area contributed by atoms with Gasteiger partial charge in [-0.15, -0.1) is 4.59 Å². The number of hydrogen-bond acceptors (Lipinski definition) is 4. The molecule has 31 heavy (non-hydrogen) atoms. The van der Waals surface area contributed by atoms with Gasteiger partial charge in [-0.25, -0.2) is 10.0 Å². The van der Waals surface area contributed by atoms with Crippen molar-refractivity contribution in [2.75, 3.05) is 5.01 Å². The molecule has 1 aliphatic carbocycles. The molecule has 1 saturated carbocycles. The lowest BCUT2D eigenvalue weighted by molar-refractivity contribution is -0.746. The van der Waals surface area contributed by atoms with Gasteiger partial charge in [0.1, 0.15) is 11.5 Å². The predicted octanol–water partition coefficient (Wildman–Crippen LogP) is 6.03. The van der Waals surface area contributed by atoms with Crippen molar-refractivity contribution in [1.29, 1.82) is 0 Å². The van der Waals surface area contributed by atoms with Crippen LogP contribution in [-0.4, -0.2) is 23.2 Å². The van der Waals surface area contributed by atoms with Gasteiger partial charge in [0, 0.05) is 0 Å². The summed E-state index contributed by atoms with van der Waals surface area (Å²) in [5.74, 6) is 0.616. The maximum absolute atomic E-state index is 13.0. The van der Waals surface area contributed by atoms with Crippen LogP contribution in [-0.2, 0) is 6.18 Å². The minimum Gasteiger partial charge on any atom is -0.457 e. The maximum Gasteiger partial charge on any atom is 0.416 e. The van der Waals surface area contributed by atoms with Crippen molar-refractivity contribution in [1.82, 2.24) is 0 Å². The molecule has 8 heteroatoms. The highest BCUT2D eigenvalue weighted by Crippen LogP contribution is 2.40. The van der Waals surface area contributed by atoms with Crippen molar-refractivity contribution in [2.45, 2.75) is 31.5 Å². The topological polar surface area (TPSA) is 37.2 Å². The second kappa shape index (κ2) is 7.39. The second-order valence-electron chi connectivity index (χ2n) is 7.68. The zero-order valence-corrected chi connectivity index (χ0v) is 16.5. The Morgan fingerprint density at radius 1 is 1.00 bits per heavy atom. The Kier molecular flexibility index (Phi) is 4.66. The number of fused-ring (bicyclic) bond motifs is 1. The van der Waals surface area contributed by atoms with Gasteiger partial charge in [-0.1, -0.05) is 6.07 Å². The molecular formula is C23H20F3N4O+. The first-order chi connectivity index (χ1) is 15.0. The van der Waals surface area contributed by atoms with Crippen LogP contribution in [0.5, 0.6) is 11.5 Å². The van der Waals surface area contributed by atoms with Crippen LogP contribution >= 0.6 is 0 Å². The standard InChI is InChI=1S/C23H20F3N4O/c24-23(25,26)17-3-1-6-22(13-17)31-21-9-7-19(8-10-21)29(18-4-2-5-18)30-12-11-27-14-20(30)15-28-16-30/h1,3,6-16,18H,2,4-5H2/q+1. The molecule has 2 aliphatic heterocycles. The Bertz CT molecular complexity index is 1100. The van der Waals surface area contributed by atoms with E-state index >= 15 is 0 Å². The van der Waals surface area contributed by atoms with Gasteiger partial charge in [0.2, 0.25) is 12.0 Å². The molecule has 5 nitrogen and oxygen atoms in total. The molecule has 0 spiro atoms. The first-order valence-corrected chi connectivity index (χ1v) is 10.0. The fourth-order valence-electron chi connectivity index (χ4n) is 3.97. The van der Waals surface area contributed by atoms with Crippen LogP contribution in [0.1, 0.15) is 24.8 Å². The van der Waals surface area contributed by atoms with E-state index < -0.39 is 11.7 Å². The average molecular weight is 425 g/mol. The van der Waals surface area contributed by atoms with E-state index in [1.807, 2.05) is 37.1 Å². The molecule has 2 heterocycles. The van der Waals surface area contributed by atoms with E-state index in [4.69, 9.17) is 4.74 Å². The maximum atomic E-state index is 13.0. The smallest absolute Gasteiger partial charge is 0.416 e. The number of ether oxygens (including phenoxy) is 1. The molecule has 1 fully saturated rings. The average Bonchev–Trinajstić information content (AvgIpc) is 3.16. The Balaban J connectivity index is 1.42. The van der Waals surface area contributed by atoms with Crippen molar-refractivity contribution in [2.24, 2.45) is 9.98 Å². The Hall–Kier alpha value is -3.39. The highest BCUT2D eigenvalue weighted by molar-refractivity contribution is 5.82. The number of benzene rings is 2. The van der Waals surface area contributed by atoms with Crippen LogP contribution in [0.4, 0.5) is 18.9 Å². The van der Waals surface area contributed by atoms with Crippen molar-refractivity contribution < 1.29 is 22.5 Å². The van der Waals surface area contributed by atoms with Gasteiger partial charge in [0.05, 0.1) is 35.9 Å². The molecule has 1 atom stereocenters. The van der Waals surface area contributed by atoms with E-state index in [9.17, 15) is 13.2 Å². The van der Waals surface area contributed by atoms with Crippen molar-refractivity contribution >= 4 is 18.2 Å². The van der Waals surface area contributed by atoms with E-state index in [-0.39, 0.29) is 5.75 Å². The number of rotatable bonds is 5. The van der Waals surface area contributed by atoms with Crippen LogP contribution in [0.3, 0.4) is 0 Å². The van der Waals surface area contributed by atoms with Gasteiger partial charge < -0.3 is 4.74 Å². The Labute approximate surface area is 177 Å². The fourth-order valence-corrected chi connectivity index (χ4v) is 3.97. The van der Waals surface area contributed by atoms with E-state index in [1.54, 1.807) is 18.3 Å². The van der Waals surface area contributed by atoms with Gasteiger partial charge in [0.15, 0.2) is 6.20 Å². The largest absolute Gasteiger partial charge is 0.457 e. The van der Waals surface area contributed by atoms with Gasteiger partial charge >= 0.3 is 6.18 Å². The number of nitrogens with zero attached hydrogens (tertiary/aromatic N) is 4. The van der Waals surface area contributed by atoms with Gasteiger partial charge in [0.25, 0.3) is 0 Å². The molecule has 2 aromatic carbocycles. The van der Waals surface area contributed by atoms with Gasteiger partial charge in [-0.2, -0.15) is 13.2 Å². The lowest BCUT2D eigenvalue weighted by Crippen LogP contribution is -2.61. The SMILES string of the molecule is FC(F)(F)c1cccc(Oc2ccc(N(C3CCC3)[N+]34C=CN=CC3=CN=C4)cc2)c1. The van der Waals surface area contributed by atoms with Gasteiger partial charge in [-0.05, 0) is 61.7 Å². The summed E-state index contributed by atoms with van der Waals surface area (Å²) in [4.78, 5) is 8.61. The third-order valence-corrected chi connectivity index (χ3v) is 5.73. The lowest BCUT2D eigenvalue weighted by Gasteiger charge is -2.46. The molecule has 2 aromatic rings. The number of aliphatic imine (C=N–C) groups is 2. The van der Waals surface area contributed by atoms with Crippen LogP contribution < -0.4 is 9.75 Å². The summed E-state index contributed by atoms with van der Waals surface area (Å²) in [5.41, 5.74) is 1.19. The summed E-state index contributed by atoms with van der Waals surface area (Å²) in [6.45, 7) is 0. The molecule has 3 aliphatic rings. The summed E-state index contributed by atoms with van der Waals surface area (Å²) < 4.78 is 44.9. The summed E-state index contributed by atoms with van der Waals surface area (Å²) in [6, 6.07) is 12.6. The van der Waals surface area contributed by atoms with Crippen molar-refractivity contribution in [3.05, 3.63) is 78.4 Å². The molecule has 0 saturated heterocycles. The molecular weight excluding hydrogens is 405 g/mol. The molecule has 1 unspecified atom stereocenters. The molecule has 158 valence electrons. The normalized spacial score (nSPS) is 22.1. The molecule has 5 rings (SSSR count). The molecule has 0 radical (unpaired) electrons. The first kappa shape index (κ1) is 19.6. The zero-order valence-electron chi connectivity index (χ0n) is 16.5. The molecule has 0 bridgehead atoms. The van der Waals surface area contributed by atoms with Crippen molar-refractivity contribution in [3.63, 3.8) is 0 Å². The summed E-state index contributed by atoms with van der Waals surface area (Å²) in [7, 11) is 0. The van der Waals surface area contributed by atoms with Crippen molar-refractivity contribution in [3.8, 4) is 11.5 Å². The number of alkyl halides is 3. The summed E-state index contributed by atoms with van der Waals surface area (Å²) >= 11 is 0. The highest BCUT2D eigenvalue weighted by atomic mass is 19.4. The molecule has 0 amide bonds. The number of allylic oxidation sites excluding steroid dienone is 1. The molecule has 0 aromatic heterocycles. The minimum atomic E-state index is -4.41. The highest BCUT2D eigenvalue weighted by Gasteiger charge is 2.46. The summed E-state index contributed by atoms with van der Waals surface area (Å²) in [5, 5.41) is 2.29. The fraction of sp³-hybridized carbons (Fsp3) is 0.217. The number of halogens is 3. The Morgan fingerprint density at radius 2 is 1.81 bits per heavy atom. The number of quaternary nitrogens is 1. The quantitative estimate of drug-likeness (QED) is 0.549. The Morgan fingerprint density at radius 3 is 2.52 bits per heavy atom. The third kappa shape index (κ3) is 3.53. The minimum absolute atomic E-state index is 0.146. The van der Waals surface area contributed by atoms with E-state index in [0.29, 0.717) is 16.4 Å². The van der Waals surface area contributed by atoms with Crippen LogP contribution in [0.15, 0.2) is 82.8 Å². The number of hydrogen-bond donors (Lipinski definition) is 0. The zero-order chi connectivity index (χ0) is 21.5. The van der Waals surface area contributed by atoms with E-state index in [1.165, 1.54) is 18.6 Å². The second-order valence-corrected chi connectivity index (χ2v) is 7.68. The molecule has 0 N–H and O–H groups in total. The van der Waals surface area contributed by atoms with Gasteiger partial charge in [-0.3, -0.25) is 4.99 Å². The first-order valence-electron chi connectivity index (χ1n) is 10.0.